The third-order valence-corrected chi connectivity index (χ3v) is 6.58. The van der Waals surface area contributed by atoms with Gasteiger partial charge in [0, 0.05) is 38.9 Å². The number of nitrogens with one attached hydrogen (secondary N) is 2. The molecule has 3 rings (SSSR count). The number of nitrogens with zero attached hydrogens (tertiary/aromatic N) is 2. The molecule has 0 fully saturated rings. The van der Waals surface area contributed by atoms with E-state index in [4.69, 9.17) is 0 Å². The van der Waals surface area contributed by atoms with Crippen molar-refractivity contribution in [3.05, 3.63) is 101 Å². The monoisotopic (exact) mass is 484 g/mol. The average molecular weight is 485 g/mol. The van der Waals surface area contributed by atoms with Crippen molar-refractivity contribution in [2.75, 3.05) is 44.4 Å². The topological polar surface area (TPSA) is 30.5 Å². The number of aryl methyl sites for hydroxylation is 2. The first kappa shape index (κ1) is 27.3. The van der Waals surface area contributed by atoms with E-state index >= 15 is 0 Å². The van der Waals surface area contributed by atoms with Crippen LogP contribution in [0.2, 0.25) is 0 Å². The molecule has 2 N–H and O–H groups in total. The van der Waals surface area contributed by atoms with Gasteiger partial charge < -0.3 is 20.4 Å². The van der Waals surface area contributed by atoms with Crippen molar-refractivity contribution >= 4 is 17.1 Å². The molecule has 0 heterocycles. The van der Waals surface area contributed by atoms with Gasteiger partial charge in [-0.25, -0.2) is 0 Å². The first-order valence-corrected chi connectivity index (χ1v) is 13.2. The third-order valence-electron chi connectivity index (χ3n) is 6.58. The Hall–Kier alpha value is -3.24. The first-order valence-electron chi connectivity index (χ1n) is 13.2. The molecule has 0 radical (unpaired) electrons. The molecule has 36 heavy (non-hydrogen) atoms. The summed E-state index contributed by atoms with van der Waals surface area (Å²) < 4.78 is 0. The van der Waals surface area contributed by atoms with Crippen LogP contribution >= 0.6 is 0 Å². The van der Waals surface area contributed by atoms with Crippen LogP contribution in [-0.2, 0) is 19.5 Å². The van der Waals surface area contributed by atoms with E-state index in [-0.39, 0.29) is 0 Å². The summed E-state index contributed by atoms with van der Waals surface area (Å²) in [7, 11) is 6.20. The van der Waals surface area contributed by atoms with Gasteiger partial charge in [0.2, 0.25) is 0 Å². The number of hydrogen-bond donors (Lipinski definition) is 2. The predicted octanol–water partition coefficient (Wildman–Crippen LogP) is 6.71. The van der Waals surface area contributed by atoms with Gasteiger partial charge >= 0.3 is 0 Å². The van der Waals surface area contributed by atoms with Crippen molar-refractivity contribution in [1.29, 1.82) is 0 Å². The molecule has 3 aromatic rings. The highest BCUT2D eigenvalue weighted by Gasteiger charge is 2.12. The Labute approximate surface area is 219 Å². The van der Waals surface area contributed by atoms with Gasteiger partial charge in [0.15, 0.2) is 0 Å². The summed E-state index contributed by atoms with van der Waals surface area (Å²) >= 11 is 0. The number of benzene rings is 3. The van der Waals surface area contributed by atoms with Crippen LogP contribution in [0.15, 0.2) is 73.3 Å². The van der Waals surface area contributed by atoms with E-state index in [9.17, 15) is 0 Å². The van der Waals surface area contributed by atoms with Gasteiger partial charge in [0.05, 0.1) is 11.4 Å². The molecule has 192 valence electrons. The van der Waals surface area contributed by atoms with E-state index in [2.05, 4.69) is 122 Å². The van der Waals surface area contributed by atoms with Crippen molar-refractivity contribution in [1.82, 2.24) is 10.2 Å². The Morgan fingerprint density at radius 3 is 2.42 bits per heavy atom. The van der Waals surface area contributed by atoms with Gasteiger partial charge in [-0.2, -0.15) is 0 Å². The zero-order valence-corrected chi connectivity index (χ0v) is 22.9. The minimum Gasteiger partial charge on any atom is -0.386 e. The Morgan fingerprint density at radius 2 is 1.69 bits per heavy atom. The van der Waals surface area contributed by atoms with E-state index in [0.29, 0.717) is 0 Å². The van der Waals surface area contributed by atoms with Gasteiger partial charge in [0.1, 0.15) is 0 Å². The van der Waals surface area contributed by atoms with Crippen molar-refractivity contribution in [3.63, 3.8) is 0 Å². The first-order chi connectivity index (χ1) is 17.4. The number of anilines is 2. The fourth-order valence-electron chi connectivity index (χ4n) is 4.69. The van der Waals surface area contributed by atoms with Crippen LogP contribution in [0.5, 0.6) is 0 Å². The lowest BCUT2D eigenvalue weighted by atomic mass is 10.0. The summed E-state index contributed by atoms with van der Waals surface area (Å²) in [6.07, 6.45) is 3.36. The minimum atomic E-state index is 0.762. The standard InChI is InChI=1S/C32H44N4/c1-7-19-36(20-11-16-29-15-9-8-12-25(29)2)32-18-17-30(22-31(32)33-4)26(3)34-23-27-13-10-14-28(21-27)24-35(5)6/h8-10,12-15,17-18,21-22,33-34H,3,7,11,16,19-20,23-24H2,1-2,4-6H3. The summed E-state index contributed by atoms with van der Waals surface area (Å²) in [5.41, 5.74) is 9.89. The van der Waals surface area contributed by atoms with Gasteiger partial charge in [-0.05, 0) is 80.2 Å². The van der Waals surface area contributed by atoms with E-state index in [1.807, 2.05) is 7.05 Å². The molecule has 0 spiro atoms. The molecule has 0 atom stereocenters. The van der Waals surface area contributed by atoms with Crippen LogP contribution in [0.1, 0.15) is 47.6 Å². The van der Waals surface area contributed by atoms with Crippen LogP contribution in [0.3, 0.4) is 0 Å². The van der Waals surface area contributed by atoms with Crippen LogP contribution in [-0.4, -0.2) is 39.1 Å². The highest BCUT2D eigenvalue weighted by atomic mass is 15.1. The smallest absolute Gasteiger partial charge is 0.0602 e. The quantitative estimate of drug-likeness (QED) is 0.266. The normalized spacial score (nSPS) is 10.9. The number of hydrogen-bond acceptors (Lipinski definition) is 4. The molecule has 0 unspecified atom stereocenters. The van der Waals surface area contributed by atoms with E-state index in [1.54, 1.807) is 0 Å². The zero-order valence-electron chi connectivity index (χ0n) is 22.9. The molecule has 0 aliphatic heterocycles. The lowest BCUT2D eigenvalue weighted by Gasteiger charge is -2.27. The highest BCUT2D eigenvalue weighted by molar-refractivity contribution is 5.76. The maximum Gasteiger partial charge on any atom is 0.0602 e. The molecule has 0 saturated carbocycles. The minimum absolute atomic E-state index is 0.762. The van der Waals surface area contributed by atoms with Crippen molar-refractivity contribution in [3.8, 4) is 0 Å². The summed E-state index contributed by atoms with van der Waals surface area (Å²) in [4.78, 5) is 4.71. The lowest BCUT2D eigenvalue weighted by Crippen LogP contribution is -2.26. The maximum atomic E-state index is 4.33. The van der Waals surface area contributed by atoms with Gasteiger partial charge in [-0.3, -0.25) is 0 Å². The molecular formula is C32H44N4. The second-order valence-electron chi connectivity index (χ2n) is 9.89. The molecule has 0 bridgehead atoms. The van der Waals surface area contributed by atoms with E-state index in [0.717, 1.165) is 62.4 Å². The average Bonchev–Trinajstić information content (AvgIpc) is 2.87. The Kier molecular flexibility index (Phi) is 10.4. The summed E-state index contributed by atoms with van der Waals surface area (Å²) in [6.45, 7) is 12.6. The molecule has 0 amide bonds. The SMILES string of the molecule is C=C(NCc1cccc(CN(C)C)c1)c1ccc(N(CCC)CCCc2ccccc2C)c(NC)c1. The van der Waals surface area contributed by atoms with Crippen LogP contribution < -0.4 is 15.5 Å². The van der Waals surface area contributed by atoms with Gasteiger partial charge in [-0.15, -0.1) is 0 Å². The number of rotatable bonds is 14. The highest BCUT2D eigenvalue weighted by Crippen LogP contribution is 2.29. The molecular weight excluding hydrogens is 440 g/mol. The van der Waals surface area contributed by atoms with Crippen LogP contribution in [0, 0.1) is 6.92 Å². The zero-order chi connectivity index (χ0) is 25.9. The van der Waals surface area contributed by atoms with Crippen LogP contribution in [0.4, 0.5) is 11.4 Å². The molecule has 0 aliphatic rings. The van der Waals surface area contributed by atoms with E-state index in [1.165, 1.54) is 27.9 Å². The van der Waals surface area contributed by atoms with Gasteiger partial charge in [0.25, 0.3) is 0 Å². The Morgan fingerprint density at radius 1 is 0.917 bits per heavy atom. The summed E-state index contributed by atoms with van der Waals surface area (Å²) in [6, 6.07) is 24.1. The van der Waals surface area contributed by atoms with Gasteiger partial charge in [-0.1, -0.05) is 68.1 Å². The van der Waals surface area contributed by atoms with Crippen molar-refractivity contribution in [2.45, 2.75) is 46.2 Å². The fraction of sp³-hybridized carbons (Fsp3) is 0.375. The molecule has 0 aliphatic carbocycles. The van der Waals surface area contributed by atoms with Crippen molar-refractivity contribution < 1.29 is 0 Å². The lowest BCUT2D eigenvalue weighted by molar-refractivity contribution is 0.402. The Bertz CT molecular complexity index is 1120. The second kappa shape index (κ2) is 13.7. The van der Waals surface area contributed by atoms with Crippen molar-refractivity contribution in [2.24, 2.45) is 0 Å². The predicted molar refractivity (Wildman–Crippen MR) is 158 cm³/mol. The summed E-state index contributed by atoms with van der Waals surface area (Å²) in [5, 5.41) is 6.96. The maximum absolute atomic E-state index is 4.33. The van der Waals surface area contributed by atoms with Crippen LogP contribution in [0.25, 0.3) is 5.70 Å². The summed E-state index contributed by atoms with van der Waals surface area (Å²) in [5.74, 6) is 0. The third kappa shape index (κ3) is 7.89. The second-order valence-corrected chi connectivity index (χ2v) is 9.89. The van der Waals surface area contributed by atoms with E-state index < -0.39 is 0 Å². The Balaban J connectivity index is 1.65. The molecule has 0 saturated heterocycles. The molecule has 4 nitrogen and oxygen atoms in total. The molecule has 0 aromatic heterocycles. The molecule has 4 heteroatoms. The molecule has 3 aromatic carbocycles. The largest absolute Gasteiger partial charge is 0.386 e. The fourth-order valence-corrected chi connectivity index (χ4v) is 4.69.